The van der Waals surface area contributed by atoms with Crippen LogP contribution in [-0.2, 0) is 0 Å². The molecule has 15 heavy (non-hydrogen) atoms. The van der Waals surface area contributed by atoms with Crippen LogP contribution in [0.15, 0.2) is 0 Å². The van der Waals surface area contributed by atoms with Crippen molar-refractivity contribution in [2.24, 2.45) is 5.41 Å². The second-order valence-corrected chi connectivity index (χ2v) is 6.46. The summed E-state index contributed by atoms with van der Waals surface area (Å²) in [4.78, 5) is 2.27. The lowest BCUT2D eigenvalue weighted by molar-refractivity contribution is 0.00976. The SMILES string of the molecule is CN(CC(C)(C)CBr)CC1(O)CCCC1. The van der Waals surface area contributed by atoms with Gasteiger partial charge >= 0.3 is 0 Å². The number of nitrogens with zero attached hydrogens (tertiary/aromatic N) is 1. The van der Waals surface area contributed by atoms with Crippen molar-refractivity contribution < 1.29 is 5.11 Å². The van der Waals surface area contributed by atoms with Gasteiger partial charge in [0.15, 0.2) is 0 Å². The molecule has 1 rings (SSSR count). The first-order valence-corrected chi connectivity index (χ1v) is 6.96. The molecule has 1 fully saturated rings. The zero-order valence-corrected chi connectivity index (χ0v) is 11.8. The first kappa shape index (κ1) is 13.5. The van der Waals surface area contributed by atoms with E-state index in [0.29, 0.717) is 0 Å². The fraction of sp³-hybridized carbons (Fsp3) is 1.00. The van der Waals surface area contributed by atoms with Crippen LogP contribution in [-0.4, -0.2) is 41.1 Å². The molecule has 2 nitrogen and oxygen atoms in total. The van der Waals surface area contributed by atoms with Crippen LogP contribution < -0.4 is 0 Å². The van der Waals surface area contributed by atoms with Gasteiger partial charge in [0, 0.05) is 18.4 Å². The summed E-state index contributed by atoms with van der Waals surface area (Å²) in [6, 6.07) is 0. The molecule has 1 aliphatic carbocycles. The summed E-state index contributed by atoms with van der Waals surface area (Å²) >= 11 is 3.54. The average molecular weight is 278 g/mol. The van der Waals surface area contributed by atoms with Crippen LogP contribution in [0.1, 0.15) is 39.5 Å². The third-order valence-corrected chi connectivity index (χ3v) is 4.68. The summed E-state index contributed by atoms with van der Waals surface area (Å²) in [6.45, 7) is 6.35. The third-order valence-electron chi connectivity index (χ3n) is 3.16. The number of hydrogen-bond acceptors (Lipinski definition) is 2. The minimum Gasteiger partial charge on any atom is -0.389 e. The predicted molar refractivity (Wildman–Crippen MR) is 68.5 cm³/mol. The standard InChI is InChI=1S/C12H24BrNO/c1-11(2,8-13)9-14(3)10-12(15)6-4-5-7-12/h15H,4-10H2,1-3H3. The van der Waals surface area contributed by atoms with Crippen LogP contribution in [0.4, 0.5) is 0 Å². The number of aliphatic hydroxyl groups is 1. The molecule has 0 aromatic heterocycles. The van der Waals surface area contributed by atoms with Gasteiger partial charge in [-0.2, -0.15) is 0 Å². The van der Waals surface area contributed by atoms with Gasteiger partial charge in [-0.15, -0.1) is 0 Å². The molecule has 90 valence electrons. The summed E-state index contributed by atoms with van der Waals surface area (Å²) in [6.07, 6.45) is 4.33. The lowest BCUT2D eigenvalue weighted by Gasteiger charge is -2.33. The first-order valence-electron chi connectivity index (χ1n) is 5.84. The summed E-state index contributed by atoms with van der Waals surface area (Å²) in [5.74, 6) is 0. The Morgan fingerprint density at radius 1 is 1.33 bits per heavy atom. The molecule has 0 heterocycles. The summed E-state index contributed by atoms with van der Waals surface area (Å²) in [7, 11) is 2.11. The van der Waals surface area contributed by atoms with Crippen molar-refractivity contribution in [3.63, 3.8) is 0 Å². The molecule has 1 aliphatic rings. The number of likely N-dealkylation sites (N-methyl/N-ethyl adjacent to an activating group) is 1. The zero-order valence-electron chi connectivity index (χ0n) is 10.2. The van der Waals surface area contributed by atoms with Gasteiger partial charge < -0.3 is 10.0 Å². The second-order valence-electron chi connectivity index (χ2n) is 5.90. The molecular weight excluding hydrogens is 254 g/mol. The van der Waals surface area contributed by atoms with Crippen molar-refractivity contribution in [1.29, 1.82) is 0 Å². The Morgan fingerprint density at radius 2 is 1.87 bits per heavy atom. The van der Waals surface area contributed by atoms with Gasteiger partial charge in [-0.05, 0) is 25.3 Å². The normalized spacial score (nSPS) is 21.2. The number of alkyl halides is 1. The van der Waals surface area contributed by atoms with Crippen molar-refractivity contribution in [1.82, 2.24) is 4.90 Å². The van der Waals surface area contributed by atoms with Gasteiger partial charge in [0.1, 0.15) is 0 Å². The molecule has 3 heteroatoms. The van der Waals surface area contributed by atoms with Crippen molar-refractivity contribution >= 4 is 15.9 Å². The lowest BCUT2D eigenvalue weighted by atomic mass is 9.94. The molecule has 0 aromatic rings. The van der Waals surface area contributed by atoms with E-state index in [2.05, 4.69) is 41.7 Å². The third kappa shape index (κ3) is 4.41. The lowest BCUT2D eigenvalue weighted by Crippen LogP contribution is -2.43. The Morgan fingerprint density at radius 3 is 2.33 bits per heavy atom. The molecule has 0 amide bonds. The van der Waals surface area contributed by atoms with E-state index in [0.717, 1.165) is 31.3 Å². The summed E-state index contributed by atoms with van der Waals surface area (Å²) in [5.41, 5.74) is -0.124. The molecule has 0 aromatic carbocycles. The highest BCUT2D eigenvalue weighted by molar-refractivity contribution is 9.09. The molecule has 0 saturated heterocycles. The largest absolute Gasteiger partial charge is 0.389 e. The van der Waals surface area contributed by atoms with E-state index in [-0.39, 0.29) is 5.41 Å². The Bertz CT molecular complexity index is 200. The fourth-order valence-corrected chi connectivity index (χ4v) is 2.70. The molecule has 0 spiro atoms. The van der Waals surface area contributed by atoms with Gasteiger partial charge in [0.25, 0.3) is 0 Å². The van der Waals surface area contributed by atoms with E-state index in [4.69, 9.17) is 0 Å². The smallest absolute Gasteiger partial charge is 0.0774 e. The maximum absolute atomic E-state index is 10.3. The molecule has 1 N–H and O–H groups in total. The number of rotatable bonds is 5. The fourth-order valence-electron chi connectivity index (χ4n) is 2.52. The van der Waals surface area contributed by atoms with Crippen LogP contribution in [0.25, 0.3) is 0 Å². The van der Waals surface area contributed by atoms with Crippen molar-refractivity contribution in [2.75, 3.05) is 25.5 Å². The average Bonchev–Trinajstić information content (AvgIpc) is 2.50. The first-order chi connectivity index (χ1) is 6.87. The van der Waals surface area contributed by atoms with E-state index < -0.39 is 5.60 Å². The Balaban J connectivity index is 2.38. The summed E-state index contributed by atoms with van der Waals surface area (Å²) in [5, 5.41) is 11.3. The minimum absolute atomic E-state index is 0.281. The van der Waals surface area contributed by atoms with Crippen LogP contribution in [0, 0.1) is 5.41 Å². The molecule has 0 radical (unpaired) electrons. The molecule has 1 saturated carbocycles. The Labute approximate surface area is 102 Å². The van der Waals surface area contributed by atoms with Crippen molar-refractivity contribution in [2.45, 2.75) is 45.1 Å². The van der Waals surface area contributed by atoms with Gasteiger partial charge in [-0.3, -0.25) is 0 Å². The van der Waals surface area contributed by atoms with Gasteiger partial charge in [0.2, 0.25) is 0 Å². The molecule has 0 atom stereocenters. The monoisotopic (exact) mass is 277 g/mol. The molecule has 0 unspecified atom stereocenters. The Hall–Kier alpha value is 0.400. The van der Waals surface area contributed by atoms with Crippen molar-refractivity contribution in [3.05, 3.63) is 0 Å². The van der Waals surface area contributed by atoms with Crippen LogP contribution >= 0.6 is 15.9 Å². The van der Waals surface area contributed by atoms with Gasteiger partial charge in [0.05, 0.1) is 5.60 Å². The van der Waals surface area contributed by atoms with E-state index in [1.54, 1.807) is 0 Å². The summed E-state index contributed by atoms with van der Waals surface area (Å²) < 4.78 is 0. The predicted octanol–water partition coefficient (Wildman–Crippen LogP) is 2.64. The van der Waals surface area contributed by atoms with E-state index in [1.165, 1.54) is 12.8 Å². The molecule has 0 bridgehead atoms. The maximum atomic E-state index is 10.3. The minimum atomic E-state index is -0.406. The maximum Gasteiger partial charge on any atom is 0.0774 e. The quantitative estimate of drug-likeness (QED) is 0.781. The van der Waals surface area contributed by atoms with Crippen LogP contribution in [0.2, 0.25) is 0 Å². The van der Waals surface area contributed by atoms with E-state index >= 15 is 0 Å². The highest BCUT2D eigenvalue weighted by Gasteiger charge is 2.33. The Kier molecular flexibility index (Phi) is 4.63. The zero-order chi connectivity index (χ0) is 11.5. The van der Waals surface area contributed by atoms with E-state index in [1.807, 2.05) is 0 Å². The highest BCUT2D eigenvalue weighted by atomic mass is 79.9. The molecule has 0 aliphatic heterocycles. The van der Waals surface area contributed by atoms with E-state index in [9.17, 15) is 5.11 Å². The van der Waals surface area contributed by atoms with Crippen molar-refractivity contribution in [3.8, 4) is 0 Å². The van der Waals surface area contributed by atoms with Gasteiger partial charge in [-0.1, -0.05) is 42.6 Å². The topological polar surface area (TPSA) is 23.5 Å². The highest BCUT2D eigenvalue weighted by Crippen LogP contribution is 2.30. The number of hydrogen-bond donors (Lipinski definition) is 1. The van der Waals surface area contributed by atoms with Crippen LogP contribution in [0.3, 0.4) is 0 Å². The second kappa shape index (κ2) is 5.15. The van der Waals surface area contributed by atoms with Crippen LogP contribution in [0.5, 0.6) is 0 Å². The number of halogens is 1. The van der Waals surface area contributed by atoms with Gasteiger partial charge in [-0.25, -0.2) is 0 Å². The molecular formula is C12H24BrNO.